The van der Waals surface area contributed by atoms with Crippen LogP contribution in [0.4, 0.5) is 0 Å². The van der Waals surface area contributed by atoms with E-state index in [-0.39, 0.29) is 17.0 Å². The lowest BCUT2D eigenvalue weighted by molar-refractivity contribution is 1.35. The Morgan fingerprint density at radius 3 is 2.85 bits per heavy atom. The smallest absolute Gasteiger partial charge is 0.106 e. The lowest BCUT2D eigenvalue weighted by Crippen LogP contribution is -1.87. The van der Waals surface area contributed by atoms with Crippen LogP contribution in [0.1, 0.15) is 11.1 Å². The fraction of sp³-hybridized carbons (Fsp3) is 0.100. The molecule has 1 heterocycles. The van der Waals surface area contributed by atoms with Gasteiger partial charge in [0.05, 0.1) is 0 Å². The van der Waals surface area contributed by atoms with Gasteiger partial charge in [0.25, 0.3) is 0 Å². The lowest BCUT2D eigenvalue weighted by atomic mass is 10.1. The van der Waals surface area contributed by atoms with Crippen LogP contribution >= 0.6 is 32.9 Å². The van der Waals surface area contributed by atoms with Crippen LogP contribution in [0.15, 0.2) is 33.9 Å². The summed E-state index contributed by atoms with van der Waals surface area (Å²) < 4.78 is 0.896. The van der Waals surface area contributed by atoms with Crippen LogP contribution < -0.4 is 0 Å². The normalized spacial score (nSPS) is 13.8. The summed E-state index contributed by atoms with van der Waals surface area (Å²) in [4.78, 5) is 4.19. The van der Waals surface area contributed by atoms with Gasteiger partial charge in [-0.25, -0.2) is 0 Å². The number of fused-ring (bicyclic) bond motifs is 1. The minimum atomic E-state index is 0. The molecule has 3 heteroatoms. The zero-order valence-corrected chi connectivity index (χ0v) is 10.2. The Morgan fingerprint density at radius 1 is 1.23 bits per heavy atom. The van der Waals surface area contributed by atoms with Crippen LogP contribution in [0.25, 0.3) is 6.08 Å². The zero-order valence-electron chi connectivity index (χ0n) is 6.90. The van der Waals surface area contributed by atoms with E-state index in [1.54, 1.807) is 0 Å². The van der Waals surface area contributed by atoms with Crippen molar-refractivity contribution < 1.29 is 0 Å². The van der Waals surface area contributed by atoms with E-state index in [2.05, 4.69) is 39.1 Å². The molecule has 1 aliphatic rings. The van der Waals surface area contributed by atoms with E-state index in [0.717, 1.165) is 11.0 Å². The molecular formula is C10H9Br2N. The van der Waals surface area contributed by atoms with Gasteiger partial charge in [-0.3, -0.25) is 4.99 Å². The average molecular weight is 303 g/mol. The first-order valence-corrected chi connectivity index (χ1v) is 4.63. The van der Waals surface area contributed by atoms with Crippen molar-refractivity contribution >= 4 is 45.2 Å². The monoisotopic (exact) mass is 301 g/mol. The Bertz CT molecular complexity index is 356. The molecule has 13 heavy (non-hydrogen) atoms. The van der Waals surface area contributed by atoms with E-state index < -0.39 is 0 Å². The first-order valence-electron chi connectivity index (χ1n) is 3.84. The second kappa shape index (κ2) is 4.72. The fourth-order valence-corrected chi connectivity index (χ4v) is 1.65. The third-order valence-corrected chi connectivity index (χ3v) is 2.29. The highest BCUT2D eigenvalue weighted by Crippen LogP contribution is 2.19. The maximum atomic E-state index is 4.19. The van der Waals surface area contributed by atoms with Crippen LogP contribution in [0.3, 0.4) is 0 Å². The molecule has 1 nitrogen and oxygen atoms in total. The molecule has 0 bridgehead atoms. The second-order valence-electron chi connectivity index (χ2n) is 2.68. The molecule has 0 saturated carbocycles. The van der Waals surface area contributed by atoms with Gasteiger partial charge in [-0.1, -0.05) is 24.3 Å². The summed E-state index contributed by atoms with van der Waals surface area (Å²) in [6, 6.07) is 8.33. The Morgan fingerprint density at radius 2 is 2.00 bits per heavy atom. The molecule has 1 aliphatic heterocycles. The highest BCUT2D eigenvalue weighted by atomic mass is 79.9. The first-order chi connectivity index (χ1) is 5.86. The maximum absolute atomic E-state index is 4.19. The third-order valence-electron chi connectivity index (χ3n) is 1.86. The maximum Gasteiger partial charge on any atom is 0.106 e. The highest BCUT2D eigenvalue weighted by Gasteiger charge is 2.01. The van der Waals surface area contributed by atoms with Gasteiger partial charge in [-0.05, 0) is 33.1 Å². The molecule has 0 fully saturated rings. The van der Waals surface area contributed by atoms with E-state index in [9.17, 15) is 0 Å². The predicted octanol–water partition coefficient (Wildman–Crippen LogP) is 3.58. The molecule has 68 valence electrons. The second-order valence-corrected chi connectivity index (χ2v) is 3.49. The van der Waals surface area contributed by atoms with Gasteiger partial charge in [0.15, 0.2) is 0 Å². The number of nitrogens with zero attached hydrogens (tertiary/aromatic N) is 1. The molecule has 0 atom stereocenters. The summed E-state index contributed by atoms with van der Waals surface area (Å²) in [5, 5.41) is 0. The summed E-state index contributed by atoms with van der Waals surface area (Å²) >= 11 is 3.37. The molecule has 0 aliphatic carbocycles. The largest absolute Gasteiger partial charge is 0.253 e. The van der Waals surface area contributed by atoms with Crippen LogP contribution in [0, 0.1) is 0 Å². The molecule has 2 rings (SSSR count). The van der Waals surface area contributed by atoms with Crippen LogP contribution in [-0.2, 0) is 6.42 Å². The van der Waals surface area contributed by atoms with Crippen molar-refractivity contribution in [1.82, 2.24) is 0 Å². The van der Waals surface area contributed by atoms with Gasteiger partial charge in [-0.2, -0.15) is 0 Å². The molecule has 0 aromatic heterocycles. The van der Waals surface area contributed by atoms with Crippen molar-refractivity contribution in [3.8, 4) is 0 Å². The quantitative estimate of drug-likeness (QED) is 0.650. The van der Waals surface area contributed by atoms with Crippen molar-refractivity contribution in [2.45, 2.75) is 6.42 Å². The highest BCUT2D eigenvalue weighted by molar-refractivity contribution is 9.11. The van der Waals surface area contributed by atoms with Crippen molar-refractivity contribution in [3.63, 3.8) is 0 Å². The van der Waals surface area contributed by atoms with Crippen LogP contribution in [0.2, 0.25) is 0 Å². The molecule has 1 aromatic carbocycles. The Kier molecular flexibility index (Phi) is 3.88. The van der Waals surface area contributed by atoms with E-state index in [1.807, 2.05) is 18.4 Å². The molecular weight excluding hydrogens is 294 g/mol. The molecule has 0 N–H and O–H groups in total. The van der Waals surface area contributed by atoms with E-state index in [4.69, 9.17) is 0 Å². The van der Waals surface area contributed by atoms with Gasteiger partial charge < -0.3 is 0 Å². The molecule has 0 amide bonds. The summed E-state index contributed by atoms with van der Waals surface area (Å²) in [6.07, 6.45) is 4.88. The SMILES string of the molecule is Br.BrC1=Cc2ccccc2CC=N1. The van der Waals surface area contributed by atoms with E-state index in [0.29, 0.717) is 0 Å². The van der Waals surface area contributed by atoms with E-state index >= 15 is 0 Å². The minimum Gasteiger partial charge on any atom is -0.253 e. The van der Waals surface area contributed by atoms with Gasteiger partial charge in [0.1, 0.15) is 4.61 Å². The Hall–Kier alpha value is -0.410. The number of rotatable bonds is 0. The van der Waals surface area contributed by atoms with Crippen molar-refractivity contribution in [2.75, 3.05) is 0 Å². The van der Waals surface area contributed by atoms with Crippen LogP contribution in [0.5, 0.6) is 0 Å². The summed E-state index contributed by atoms with van der Waals surface area (Å²) in [6.45, 7) is 0. The van der Waals surface area contributed by atoms with Gasteiger partial charge in [0.2, 0.25) is 0 Å². The molecule has 0 radical (unpaired) electrons. The number of halogens is 2. The molecule has 0 spiro atoms. The van der Waals surface area contributed by atoms with Crippen molar-refractivity contribution in [3.05, 3.63) is 40.0 Å². The predicted molar refractivity (Wildman–Crippen MR) is 65.9 cm³/mol. The van der Waals surface area contributed by atoms with Gasteiger partial charge in [0, 0.05) is 12.6 Å². The molecule has 1 aromatic rings. The van der Waals surface area contributed by atoms with E-state index in [1.165, 1.54) is 11.1 Å². The fourth-order valence-electron chi connectivity index (χ4n) is 1.26. The Labute approximate surface area is 96.5 Å². The van der Waals surface area contributed by atoms with Gasteiger partial charge in [-0.15, -0.1) is 17.0 Å². The zero-order chi connectivity index (χ0) is 8.39. The summed E-state index contributed by atoms with van der Waals surface area (Å²) in [7, 11) is 0. The van der Waals surface area contributed by atoms with Crippen molar-refractivity contribution in [2.24, 2.45) is 4.99 Å². The minimum absolute atomic E-state index is 0. The number of aliphatic imine (C=N–C) groups is 1. The summed E-state index contributed by atoms with van der Waals surface area (Å²) in [5.41, 5.74) is 2.58. The molecule has 0 unspecified atom stereocenters. The number of benzene rings is 1. The lowest BCUT2D eigenvalue weighted by Gasteiger charge is -1.98. The van der Waals surface area contributed by atoms with Gasteiger partial charge >= 0.3 is 0 Å². The van der Waals surface area contributed by atoms with Crippen molar-refractivity contribution in [1.29, 1.82) is 0 Å². The number of hydrogen-bond acceptors (Lipinski definition) is 1. The topological polar surface area (TPSA) is 12.4 Å². The van der Waals surface area contributed by atoms with Crippen LogP contribution in [-0.4, -0.2) is 6.21 Å². The summed E-state index contributed by atoms with van der Waals surface area (Å²) in [5.74, 6) is 0. The molecule has 0 saturated heterocycles. The Balaban J connectivity index is 0.000000845. The first kappa shape index (κ1) is 10.7. The average Bonchev–Trinajstić information content (AvgIpc) is 2.25. The number of hydrogen-bond donors (Lipinski definition) is 0. The standard InChI is InChI=1S/C10H8BrN.BrH/c11-10-7-9-4-2-1-3-8(9)5-6-12-10;/h1-4,6-7H,5H2;1H. The third kappa shape index (κ3) is 2.51.